The molecule has 0 bridgehead atoms. The van der Waals surface area contributed by atoms with Gasteiger partial charge in [0.05, 0.1) is 17.8 Å². The van der Waals surface area contributed by atoms with E-state index in [1.165, 1.54) is 22.9 Å². The van der Waals surface area contributed by atoms with Crippen molar-refractivity contribution in [3.05, 3.63) is 59.3 Å². The maximum absolute atomic E-state index is 15.0. The summed E-state index contributed by atoms with van der Waals surface area (Å²) in [4.78, 5) is 17.2. The summed E-state index contributed by atoms with van der Waals surface area (Å²) < 4.78 is 74.4. The molecule has 11 heteroatoms. The summed E-state index contributed by atoms with van der Waals surface area (Å²) in [6, 6.07) is 3.66. The van der Waals surface area contributed by atoms with Gasteiger partial charge < -0.3 is 14.2 Å². The zero-order valence-corrected chi connectivity index (χ0v) is 21.3. The van der Waals surface area contributed by atoms with E-state index in [2.05, 4.69) is 4.98 Å². The van der Waals surface area contributed by atoms with Gasteiger partial charge in [0.1, 0.15) is 22.1 Å². The molecule has 3 aromatic rings. The van der Waals surface area contributed by atoms with Gasteiger partial charge in [-0.15, -0.1) is 0 Å². The molecule has 1 fully saturated rings. The Labute approximate surface area is 207 Å². The summed E-state index contributed by atoms with van der Waals surface area (Å²) >= 11 is 0. The Morgan fingerprint density at radius 1 is 1.14 bits per heavy atom. The van der Waals surface area contributed by atoms with Gasteiger partial charge in [-0.2, -0.15) is 0 Å². The summed E-state index contributed by atoms with van der Waals surface area (Å²) in [5.74, 6) is -2.90. The van der Waals surface area contributed by atoms with E-state index < -0.39 is 37.8 Å². The number of carbonyl (C=O) groups excluding carboxylic acids is 1. The Bertz CT molecular complexity index is 1420. The van der Waals surface area contributed by atoms with E-state index in [9.17, 15) is 26.4 Å². The number of likely N-dealkylation sites (tertiary alicyclic amines) is 1. The second-order valence-corrected chi connectivity index (χ2v) is 12.0. The third-order valence-electron chi connectivity index (χ3n) is 6.17. The minimum atomic E-state index is -4.10. The van der Waals surface area contributed by atoms with E-state index >= 15 is 0 Å². The SMILES string of the molecule is CC(C)(C)OC(=O)N1CCC(c2cnc(Cn3ccc4c(F)c(S(C)(=O)=O)c(F)cc43)c(F)c2)CC1. The van der Waals surface area contributed by atoms with Crippen LogP contribution in [-0.2, 0) is 21.1 Å². The third-order valence-corrected chi connectivity index (χ3v) is 7.29. The molecule has 0 spiro atoms. The van der Waals surface area contributed by atoms with E-state index in [0.29, 0.717) is 31.5 Å². The average molecular weight is 524 g/mol. The first-order valence-corrected chi connectivity index (χ1v) is 13.4. The highest BCUT2D eigenvalue weighted by Gasteiger charge is 2.28. The van der Waals surface area contributed by atoms with E-state index in [-0.39, 0.29) is 35.2 Å². The van der Waals surface area contributed by atoms with Crippen molar-refractivity contribution in [1.82, 2.24) is 14.5 Å². The molecule has 0 unspecified atom stereocenters. The Morgan fingerprint density at radius 3 is 2.39 bits per heavy atom. The van der Waals surface area contributed by atoms with E-state index in [1.807, 2.05) is 20.8 Å². The number of aromatic nitrogens is 2. The number of ether oxygens (including phenoxy) is 1. The van der Waals surface area contributed by atoms with Crippen LogP contribution in [0.15, 0.2) is 35.5 Å². The number of pyridine rings is 1. The number of piperidine rings is 1. The van der Waals surface area contributed by atoms with Crippen LogP contribution in [0.5, 0.6) is 0 Å². The number of rotatable bonds is 4. The molecule has 2 aromatic heterocycles. The van der Waals surface area contributed by atoms with Crippen molar-refractivity contribution in [2.24, 2.45) is 0 Å². The van der Waals surface area contributed by atoms with Crippen LogP contribution in [0, 0.1) is 17.5 Å². The van der Waals surface area contributed by atoms with Crippen molar-refractivity contribution in [3.63, 3.8) is 0 Å². The highest BCUT2D eigenvalue weighted by Crippen LogP contribution is 2.31. The number of nitrogens with zero attached hydrogens (tertiary/aromatic N) is 3. The highest BCUT2D eigenvalue weighted by atomic mass is 32.2. The van der Waals surface area contributed by atoms with Crippen LogP contribution < -0.4 is 0 Å². The Balaban J connectivity index is 1.49. The summed E-state index contributed by atoms with van der Waals surface area (Å²) in [5.41, 5.74) is 0.315. The lowest BCUT2D eigenvalue weighted by atomic mass is 9.90. The van der Waals surface area contributed by atoms with Crippen LogP contribution >= 0.6 is 0 Å². The fraction of sp³-hybridized carbons (Fsp3) is 0.440. The van der Waals surface area contributed by atoms with E-state index in [0.717, 1.165) is 12.3 Å². The Morgan fingerprint density at radius 2 is 1.81 bits per heavy atom. The first-order valence-electron chi connectivity index (χ1n) is 11.5. The van der Waals surface area contributed by atoms with Crippen molar-refractivity contribution < 1.29 is 31.1 Å². The molecule has 1 aliphatic heterocycles. The summed E-state index contributed by atoms with van der Waals surface area (Å²) in [6.45, 7) is 6.32. The monoisotopic (exact) mass is 523 g/mol. The fourth-order valence-corrected chi connectivity index (χ4v) is 5.27. The zero-order valence-electron chi connectivity index (χ0n) is 20.5. The molecular weight excluding hydrogens is 495 g/mol. The minimum absolute atomic E-state index is 0.0322. The topological polar surface area (TPSA) is 81.5 Å². The molecule has 1 aromatic carbocycles. The van der Waals surface area contributed by atoms with Crippen molar-refractivity contribution in [2.45, 2.75) is 56.6 Å². The number of sulfone groups is 1. The van der Waals surface area contributed by atoms with Gasteiger partial charge >= 0.3 is 6.09 Å². The third kappa shape index (κ3) is 5.35. The molecule has 0 radical (unpaired) electrons. The molecule has 194 valence electrons. The van der Waals surface area contributed by atoms with Crippen LogP contribution in [0.25, 0.3) is 10.9 Å². The number of carbonyl (C=O) groups is 1. The number of halogens is 3. The molecular formula is C25H28F3N3O4S. The predicted octanol–water partition coefficient (Wildman–Crippen LogP) is 5.02. The van der Waals surface area contributed by atoms with Gasteiger partial charge in [0, 0.05) is 37.1 Å². The molecule has 0 aliphatic carbocycles. The average Bonchev–Trinajstić information content (AvgIpc) is 3.16. The van der Waals surface area contributed by atoms with Crippen LogP contribution in [0.2, 0.25) is 0 Å². The van der Waals surface area contributed by atoms with Crippen LogP contribution in [0.1, 0.15) is 50.8 Å². The smallest absolute Gasteiger partial charge is 0.410 e. The highest BCUT2D eigenvalue weighted by molar-refractivity contribution is 7.90. The minimum Gasteiger partial charge on any atom is -0.444 e. The van der Waals surface area contributed by atoms with Gasteiger partial charge in [0.15, 0.2) is 15.7 Å². The second-order valence-electron chi connectivity index (χ2n) is 10.1. The molecule has 0 atom stereocenters. The Kier molecular flexibility index (Phi) is 6.80. The van der Waals surface area contributed by atoms with Gasteiger partial charge in [-0.25, -0.2) is 26.4 Å². The number of hydrogen-bond donors (Lipinski definition) is 0. The fourth-order valence-electron chi connectivity index (χ4n) is 4.43. The molecule has 0 saturated carbocycles. The predicted molar refractivity (Wildman–Crippen MR) is 128 cm³/mol. The second kappa shape index (κ2) is 9.42. The lowest BCUT2D eigenvalue weighted by Crippen LogP contribution is -2.41. The molecule has 7 nitrogen and oxygen atoms in total. The first kappa shape index (κ1) is 26.0. The summed E-state index contributed by atoms with van der Waals surface area (Å²) in [5, 5.41) is -0.0781. The molecule has 0 N–H and O–H groups in total. The molecule has 4 rings (SSSR count). The van der Waals surface area contributed by atoms with E-state index in [1.54, 1.807) is 11.1 Å². The molecule has 36 heavy (non-hydrogen) atoms. The quantitative estimate of drug-likeness (QED) is 0.480. The lowest BCUT2D eigenvalue weighted by Gasteiger charge is -2.33. The summed E-state index contributed by atoms with van der Waals surface area (Å²) in [7, 11) is -4.10. The maximum Gasteiger partial charge on any atom is 0.410 e. The van der Waals surface area contributed by atoms with Crippen LogP contribution in [-0.4, -0.2) is 53.9 Å². The Hall–Kier alpha value is -3.08. The van der Waals surface area contributed by atoms with Crippen LogP contribution in [0.4, 0.5) is 18.0 Å². The number of fused-ring (bicyclic) bond motifs is 1. The number of benzene rings is 1. The zero-order chi connectivity index (χ0) is 26.4. The van der Waals surface area contributed by atoms with Crippen molar-refractivity contribution >= 4 is 26.8 Å². The largest absolute Gasteiger partial charge is 0.444 e. The lowest BCUT2D eigenvalue weighted by molar-refractivity contribution is 0.0204. The van der Waals surface area contributed by atoms with Crippen molar-refractivity contribution in [2.75, 3.05) is 19.3 Å². The van der Waals surface area contributed by atoms with Gasteiger partial charge in [-0.3, -0.25) is 4.98 Å². The molecule has 1 saturated heterocycles. The summed E-state index contributed by atoms with van der Waals surface area (Å²) in [6.07, 6.45) is 4.67. The molecule has 1 aliphatic rings. The molecule has 1 amide bonds. The van der Waals surface area contributed by atoms with E-state index in [4.69, 9.17) is 4.74 Å². The first-order chi connectivity index (χ1) is 16.7. The van der Waals surface area contributed by atoms with Gasteiger partial charge in [0.25, 0.3) is 0 Å². The normalized spacial score (nSPS) is 15.5. The van der Waals surface area contributed by atoms with Gasteiger partial charge in [-0.1, -0.05) is 0 Å². The molecule has 3 heterocycles. The maximum atomic E-state index is 15.0. The van der Waals surface area contributed by atoms with Crippen molar-refractivity contribution in [1.29, 1.82) is 0 Å². The van der Waals surface area contributed by atoms with Gasteiger partial charge in [0.2, 0.25) is 0 Å². The van der Waals surface area contributed by atoms with Crippen molar-refractivity contribution in [3.8, 4) is 0 Å². The van der Waals surface area contributed by atoms with Crippen LogP contribution in [0.3, 0.4) is 0 Å². The number of hydrogen-bond acceptors (Lipinski definition) is 5. The standard InChI is InChI=1S/C25H28F3N3O4S/c1-25(2,3)35-24(32)30-8-5-15(6-9-30)16-11-18(26)20(29-13-16)14-31-10-7-17-21(31)12-19(27)23(22(17)28)36(4,33)34/h7,10-13,15H,5-6,8-9,14H2,1-4H3. The van der Waals surface area contributed by atoms with Gasteiger partial charge in [-0.05, 0) is 63.3 Å². The number of amides is 1.